The predicted molar refractivity (Wildman–Crippen MR) is 162 cm³/mol. The molecule has 3 N–H and O–H groups in total. The first kappa shape index (κ1) is 30.2. The largest absolute Gasteiger partial charge is 0.465 e. The van der Waals surface area contributed by atoms with Gasteiger partial charge in [0, 0.05) is 39.0 Å². The molecule has 1 saturated heterocycles. The molecule has 3 aromatic carbocycles. The fraction of sp³-hybridized carbons (Fsp3) is 0.344. The summed E-state index contributed by atoms with van der Waals surface area (Å²) in [5, 5.41) is 24.6. The van der Waals surface area contributed by atoms with E-state index in [1.54, 1.807) is 24.3 Å². The predicted octanol–water partition coefficient (Wildman–Crippen LogP) is 3.04. The van der Waals surface area contributed by atoms with Crippen LogP contribution < -0.4 is 10.6 Å². The summed E-state index contributed by atoms with van der Waals surface area (Å²) in [6, 6.07) is 23.3. The fourth-order valence-corrected chi connectivity index (χ4v) is 7.21. The van der Waals surface area contributed by atoms with Crippen molar-refractivity contribution in [3.63, 3.8) is 0 Å². The molecule has 0 saturated carbocycles. The Morgan fingerprint density at radius 1 is 0.953 bits per heavy atom. The first-order valence-electron chi connectivity index (χ1n) is 14.3. The van der Waals surface area contributed by atoms with E-state index in [0.29, 0.717) is 39.0 Å². The minimum Gasteiger partial charge on any atom is -0.465 e. The molecule has 0 bridgehead atoms. The minimum absolute atomic E-state index is 0.212. The number of carbonyl (C=O) groups excluding carboxylic acids is 1. The molecular formula is C32H35N5O5S. The first-order valence-corrected chi connectivity index (χ1v) is 15.7. The molecule has 0 unspecified atom stereocenters. The molecule has 1 heterocycles. The maximum Gasteiger partial charge on any atom is 0.405 e. The molecule has 2 amide bonds. The molecule has 0 spiro atoms. The Bertz CT molecular complexity index is 1630. The summed E-state index contributed by atoms with van der Waals surface area (Å²) < 4.78 is 27.6. The first-order chi connectivity index (χ1) is 20.6. The Morgan fingerprint density at radius 2 is 1.56 bits per heavy atom. The Hall–Kier alpha value is -4.24. The number of benzene rings is 3. The van der Waals surface area contributed by atoms with Crippen LogP contribution in [0.3, 0.4) is 0 Å². The van der Waals surface area contributed by atoms with E-state index in [4.69, 9.17) is 0 Å². The number of nitrogens with zero attached hydrogens (tertiary/aromatic N) is 3. The van der Waals surface area contributed by atoms with Crippen molar-refractivity contribution in [2.24, 2.45) is 0 Å². The average Bonchev–Trinajstić information content (AvgIpc) is 3.01. The standard InChI is InChI=1S/C32H35N5O5S/c1-36-16-18-37(19-17-36)43(41,42)29-12-10-26(11-13-29)25-8-6-23(7-9-25)20-28(22-33)34-30(38)32(35-31(39)40)15-14-24-4-2-3-5-27(24)21-32/h2-13,28,35H,14-21H2,1H3,(H,34,38)(H,39,40)/t28-,32-/m0/s1. The number of nitriles is 1. The number of aryl methyl sites for hydroxylation is 1. The summed E-state index contributed by atoms with van der Waals surface area (Å²) >= 11 is 0. The summed E-state index contributed by atoms with van der Waals surface area (Å²) in [5.74, 6) is -0.515. The van der Waals surface area contributed by atoms with Crippen LogP contribution in [0.4, 0.5) is 4.79 Å². The average molecular weight is 602 g/mol. The number of sulfonamides is 1. The maximum absolute atomic E-state index is 13.4. The van der Waals surface area contributed by atoms with Crippen LogP contribution in [-0.2, 0) is 34.1 Å². The molecule has 2 atom stereocenters. The third-order valence-electron chi connectivity index (χ3n) is 8.36. The molecule has 3 aromatic rings. The second-order valence-corrected chi connectivity index (χ2v) is 13.2. The number of piperazine rings is 1. The van der Waals surface area contributed by atoms with Crippen LogP contribution in [0.25, 0.3) is 11.1 Å². The summed E-state index contributed by atoms with van der Waals surface area (Å²) in [7, 11) is -1.57. The molecule has 0 aromatic heterocycles. The van der Waals surface area contributed by atoms with Crippen molar-refractivity contribution in [3.8, 4) is 17.2 Å². The van der Waals surface area contributed by atoms with Crippen LogP contribution >= 0.6 is 0 Å². The molecular weight excluding hydrogens is 566 g/mol. The van der Waals surface area contributed by atoms with Crippen LogP contribution in [0.5, 0.6) is 0 Å². The summed E-state index contributed by atoms with van der Waals surface area (Å²) in [4.78, 5) is 27.5. The minimum atomic E-state index is -3.55. The lowest BCUT2D eigenvalue weighted by atomic mass is 9.77. The van der Waals surface area contributed by atoms with Crippen molar-refractivity contribution in [1.29, 1.82) is 5.26 Å². The normalized spacial score (nSPS) is 19.9. The Labute approximate surface area is 252 Å². The molecule has 1 fully saturated rings. The summed E-state index contributed by atoms with van der Waals surface area (Å²) in [6.07, 6.45) is 0.00715. The monoisotopic (exact) mass is 601 g/mol. The highest BCUT2D eigenvalue weighted by molar-refractivity contribution is 7.89. The van der Waals surface area contributed by atoms with Gasteiger partial charge < -0.3 is 20.6 Å². The summed E-state index contributed by atoms with van der Waals surface area (Å²) in [6.45, 7) is 2.34. The topological polar surface area (TPSA) is 143 Å². The molecule has 10 nitrogen and oxygen atoms in total. The second-order valence-electron chi connectivity index (χ2n) is 11.2. The van der Waals surface area contributed by atoms with Crippen molar-refractivity contribution < 1.29 is 23.1 Å². The van der Waals surface area contributed by atoms with Gasteiger partial charge in [-0.1, -0.05) is 60.7 Å². The van der Waals surface area contributed by atoms with E-state index in [9.17, 15) is 28.4 Å². The number of hydrogen-bond acceptors (Lipinski definition) is 6. The Kier molecular flexibility index (Phi) is 8.82. The van der Waals surface area contributed by atoms with Gasteiger partial charge in [0.15, 0.2) is 0 Å². The third-order valence-corrected chi connectivity index (χ3v) is 10.3. The Morgan fingerprint density at radius 3 is 2.16 bits per heavy atom. The van der Waals surface area contributed by atoms with Gasteiger partial charge in [-0.05, 0) is 59.8 Å². The van der Waals surface area contributed by atoms with Crippen molar-refractivity contribution in [1.82, 2.24) is 19.8 Å². The van der Waals surface area contributed by atoms with Gasteiger partial charge in [0.25, 0.3) is 0 Å². The fourth-order valence-electron chi connectivity index (χ4n) is 5.79. The van der Waals surface area contributed by atoms with Crippen molar-refractivity contribution in [3.05, 3.63) is 89.5 Å². The lowest BCUT2D eigenvalue weighted by Gasteiger charge is -2.37. The van der Waals surface area contributed by atoms with Gasteiger partial charge in [-0.3, -0.25) is 4.79 Å². The van der Waals surface area contributed by atoms with E-state index in [1.165, 1.54) is 4.31 Å². The highest BCUT2D eigenvalue weighted by Gasteiger charge is 2.43. The van der Waals surface area contributed by atoms with Gasteiger partial charge in [0.05, 0.1) is 11.0 Å². The van der Waals surface area contributed by atoms with Crippen LogP contribution in [0.15, 0.2) is 77.7 Å². The number of rotatable bonds is 8. The molecule has 1 aliphatic heterocycles. The molecule has 43 heavy (non-hydrogen) atoms. The summed E-state index contributed by atoms with van der Waals surface area (Å²) in [5.41, 5.74) is 3.19. The van der Waals surface area contributed by atoms with Crippen molar-refractivity contribution >= 4 is 22.0 Å². The van der Waals surface area contributed by atoms with Crippen molar-refractivity contribution in [2.45, 2.75) is 42.2 Å². The molecule has 0 radical (unpaired) electrons. The number of fused-ring (bicyclic) bond motifs is 1. The molecule has 5 rings (SSSR count). The van der Waals surface area contributed by atoms with Crippen LogP contribution in [-0.4, -0.2) is 79.5 Å². The highest BCUT2D eigenvalue weighted by atomic mass is 32.2. The molecule has 2 aliphatic rings. The number of carbonyl (C=O) groups is 2. The zero-order valence-corrected chi connectivity index (χ0v) is 24.8. The van der Waals surface area contributed by atoms with E-state index in [2.05, 4.69) is 21.6 Å². The highest BCUT2D eigenvalue weighted by Crippen LogP contribution is 2.30. The van der Waals surface area contributed by atoms with Crippen molar-refractivity contribution in [2.75, 3.05) is 33.2 Å². The Balaban J connectivity index is 1.24. The maximum atomic E-state index is 13.4. The second kappa shape index (κ2) is 12.6. The zero-order chi connectivity index (χ0) is 30.6. The molecule has 224 valence electrons. The van der Waals surface area contributed by atoms with Gasteiger partial charge in [-0.25, -0.2) is 13.2 Å². The number of amides is 2. The number of carboxylic acid groups (broad SMARTS) is 1. The molecule has 1 aliphatic carbocycles. The quantitative estimate of drug-likeness (QED) is 0.360. The van der Waals surface area contributed by atoms with Gasteiger partial charge >= 0.3 is 6.09 Å². The lowest BCUT2D eigenvalue weighted by molar-refractivity contribution is -0.128. The third kappa shape index (κ3) is 6.72. The van der Waals surface area contributed by atoms with Gasteiger partial charge in [0.2, 0.25) is 15.9 Å². The van der Waals surface area contributed by atoms with E-state index in [0.717, 1.165) is 27.8 Å². The van der Waals surface area contributed by atoms with E-state index >= 15 is 0 Å². The van der Waals surface area contributed by atoms with Gasteiger partial charge in [-0.15, -0.1) is 0 Å². The number of likely N-dealkylation sites (N-methyl/N-ethyl adjacent to an activating group) is 1. The van der Waals surface area contributed by atoms with Crippen LogP contribution in [0.2, 0.25) is 0 Å². The SMILES string of the molecule is CN1CCN(S(=O)(=O)c2ccc(-c3ccc(C[C@@H](C#N)NC(=O)[C@]4(NC(=O)O)CCc5ccccc5C4)cc3)cc2)CC1. The molecule has 11 heteroatoms. The van der Waals surface area contributed by atoms with E-state index < -0.39 is 33.6 Å². The van der Waals surface area contributed by atoms with Gasteiger partial charge in [-0.2, -0.15) is 9.57 Å². The van der Waals surface area contributed by atoms with Crippen LogP contribution in [0.1, 0.15) is 23.1 Å². The number of nitrogens with one attached hydrogen (secondary N) is 2. The van der Waals surface area contributed by atoms with Crippen LogP contribution in [0, 0.1) is 11.3 Å². The van der Waals surface area contributed by atoms with E-state index in [1.807, 2.05) is 55.6 Å². The number of hydrogen-bond donors (Lipinski definition) is 3. The van der Waals surface area contributed by atoms with E-state index in [-0.39, 0.29) is 17.7 Å². The smallest absolute Gasteiger partial charge is 0.405 e. The van der Waals surface area contributed by atoms with Gasteiger partial charge in [0.1, 0.15) is 11.6 Å². The zero-order valence-electron chi connectivity index (χ0n) is 24.0. The lowest BCUT2D eigenvalue weighted by Crippen LogP contribution is -2.62.